The predicted molar refractivity (Wildman–Crippen MR) is 91.4 cm³/mol. The van der Waals surface area contributed by atoms with Crippen molar-refractivity contribution in [2.45, 2.75) is 25.8 Å². The molecule has 106 valence electrons. The Bertz CT molecular complexity index is 567. The molecular weight excluding hydrogens is 380 g/mol. The molecule has 2 aromatic carbocycles. The maximum atomic E-state index is 5.76. The molecule has 2 rings (SSSR count). The zero-order chi connectivity index (χ0) is 14.5. The van der Waals surface area contributed by atoms with Gasteiger partial charge in [0.15, 0.2) is 0 Å². The van der Waals surface area contributed by atoms with Gasteiger partial charge in [-0.3, -0.25) is 5.84 Å². The van der Waals surface area contributed by atoms with E-state index < -0.39 is 0 Å². The van der Waals surface area contributed by atoms with Gasteiger partial charge in [-0.1, -0.05) is 75.5 Å². The van der Waals surface area contributed by atoms with Gasteiger partial charge in [-0.2, -0.15) is 0 Å². The number of nitrogens with two attached hydrogens (primary N) is 1. The van der Waals surface area contributed by atoms with Crippen LogP contribution in [0.2, 0.25) is 0 Å². The second-order valence-corrected chi connectivity index (χ2v) is 6.53. The number of nitrogens with one attached hydrogen (secondary N) is 1. The molecule has 0 aliphatic carbocycles. The molecule has 0 aromatic heterocycles. The lowest BCUT2D eigenvalue weighted by molar-refractivity contribution is 0.634. The van der Waals surface area contributed by atoms with Gasteiger partial charge in [0.2, 0.25) is 0 Å². The van der Waals surface area contributed by atoms with Crippen LogP contribution >= 0.6 is 31.9 Å². The van der Waals surface area contributed by atoms with Crippen molar-refractivity contribution in [3.05, 3.63) is 68.1 Å². The molecule has 0 spiro atoms. The molecular formula is C16H18Br2N2. The second-order valence-electron chi connectivity index (χ2n) is 4.76. The van der Waals surface area contributed by atoms with Crippen LogP contribution in [0.25, 0.3) is 0 Å². The normalized spacial score (nSPS) is 12.4. The summed E-state index contributed by atoms with van der Waals surface area (Å²) in [4.78, 5) is 0. The zero-order valence-corrected chi connectivity index (χ0v) is 14.5. The van der Waals surface area contributed by atoms with Gasteiger partial charge in [0, 0.05) is 8.95 Å². The van der Waals surface area contributed by atoms with Gasteiger partial charge in [-0.05, 0) is 35.2 Å². The Morgan fingerprint density at radius 1 is 1.10 bits per heavy atom. The number of rotatable bonds is 5. The largest absolute Gasteiger partial charge is 0.271 e. The summed E-state index contributed by atoms with van der Waals surface area (Å²) in [5.74, 6) is 5.76. The number of hydrogen-bond acceptors (Lipinski definition) is 2. The van der Waals surface area contributed by atoms with Gasteiger partial charge in [0.25, 0.3) is 0 Å². The van der Waals surface area contributed by atoms with Crippen LogP contribution in [0.3, 0.4) is 0 Å². The summed E-state index contributed by atoms with van der Waals surface area (Å²) in [6, 6.07) is 14.7. The molecule has 3 N–H and O–H groups in total. The van der Waals surface area contributed by atoms with Crippen molar-refractivity contribution in [2.75, 3.05) is 0 Å². The highest BCUT2D eigenvalue weighted by atomic mass is 79.9. The fourth-order valence-electron chi connectivity index (χ4n) is 2.27. The molecule has 4 heteroatoms. The molecule has 0 saturated carbocycles. The summed E-state index contributed by atoms with van der Waals surface area (Å²) in [5, 5.41) is 0. The third-order valence-corrected chi connectivity index (χ3v) is 4.47. The van der Waals surface area contributed by atoms with Gasteiger partial charge >= 0.3 is 0 Å². The summed E-state index contributed by atoms with van der Waals surface area (Å²) in [6.45, 7) is 2.19. The van der Waals surface area contributed by atoms with E-state index in [1.807, 2.05) is 12.1 Å². The van der Waals surface area contributed by atoms with E-state index in [1.54, 1.807) is 0 Å². The Kier molecular flexibility index (Phi) is 5.78. The Morgan fingerprint density at radius 2 is 1.80 bits per heavy atom. The Hall–Kier alpha value is -0.680. The number of aryl methyl sites for hydroxylation is 1. The number of halogens is 2. The highest BCUT2D eigenvalue weighted by Crippen LogP contribution is 2.30. The fraction of sp³-hybridized carbons (Fsp3) is 0.250. The molecule has 0 aliphatic rings. The first-order chi connectivity index (χ1) is 9.65. The number of hydrogen-bond donors (Lipinski definition) is 2. The first kappa shape index (κ1) is 15.7. The SMILES string of the molecule is CCCc1ccc(C(NN)c2ccc(Br)cc2Br)cc1. The molecule has 0 saturated heterocycles. The van der Waals surface area contributed by atoms with E-state index in [-0.39, 0.29) is 6.04 Å². The molecule has 2 aromatic rings. The third kappa shape index (κ3) is 3.70. The van der Waals surface area contributed by atoms with Gasteiger partial charge < -0.3 is 0 Å². The second kappa shape index (κ2) is 7.36. The van der Waals surface area contributed by atoms with E-state index >= 15 is 0 Å². The standard InChI is InChI=1S/C16H18Br2N2/c1-2-3-11-4-6-12(7-5-11)16(20-19)14-9-8-13(17)10-15(14)18/h4-10,16,20H,2-3,19H2,1H3. The fourth-order valence-corrected chi connectivity index (χ4v) is 3.54. The van der Waals surface area contributed by atoms with Crippen LogP contribution in [0, 0.1) is 0 Å². The molecule has 1 atom stereocenters. The summed E-state index contributed by atoms with van der Waals surface area (Å²) >= 11 is 7.07. The van der Waals surface area contributed by atoms with Gasteiger partial charge in [-0.25, -0.2) is 5.43 Å². The van der Waals surface area contributed by atoms with Crippen molar-refractivity contribution >= 4 is 31.9 Å². The average Bonchev–Trinajstić information content (AvgIpc) is 2.44. The molecule has 0 bridgehead atoms. The summed E-state index contributed by atoms with van der Waals surface area (Å²) in [6.07, 6.45) is 2.28. The van der Waals surface area contributed by atoms with Crippen molar-refractivity contribution < 1.29 is 0 Å². The van der Waals surface area contributed by atoms with Gasteiger partial charge in [0.05, 0.1) is 6.04 Å². The summed E-state index contributed by atoms with van der Waals surface area (Å²) in [5.41, 5.74) is 6.55. The van der Waals surface area contributed by atoms with E-state index in [2.05, 4.69) is 74.5 Å². The van der Waals surface area contributed by atoms with Gasteiger partial charge in [-0.15, -0.1) is 0 Å². The maximum Gasteiger partial charge on any atom is 0.0721 e. The quantitative estimate of drug-likeness (QED) is 0.565. The van der Waals surface area contributed by atoms with E-state index in [9.17, 15) is 0 Å². The van der Waals surface area contributed by atoms with E-state index in [0.29, 0.717) is 0 Å². The minimum absolute atomic E-state index is 0.0202. The van der Waals surface area contributed by atoms with Crippen molar-refractivity contribution in [3.63, 3.8) is 0 Å². The Labute approximate surface area is 137 Å². The van der Waals surface area contributed by atoms with Crippen molar-refractivity contribution in [2.24, 2.45) is 5.84 Å². The van der Waals surface area contributed by atoms with Crippen LogP contribution in [-0.2, 0) is 6.42 Å². The van der Waals surface area contributed by atoms with Gasteiger partial charge in [0.1, 0.15) is 0 Å². The molecule has 0 amide bonds. The number of benzene rings is 2. The third-order valence-electron chi connectivity index (χ3n) is 3.29. The van der Waals surface area contributed by atoms with Crippen LogP contribution in [0.1, 0.15) is 36.1 Å². The lowest BCUT2D eigenvalue weighted by Gasteiger charge is -2.19. The first-order valence-electron chi connectivity index (χ1n) is 6.65. The van der Waals surface area contributed by atoms with Crippen LogP contribution in [0.5, 0.6) is 0 Å². The van der Waals surface area contributed by atoms with Crippen LogP contribution in [0.4, 0.5) is 0 Å². The molecule has 2 nitrogen and oxygen atoms in total. The minimum Gasteiger partial charge on any atom is -0.271 e. The van der Waals surface area contributed by atoms with Crippen LogP contribution in [-0.4, -0.2) is 0 Å². The molecule has 0 fully saturated rings. The molecule has 0 radical (unpaired) electrons. The molecule has 0 aliphatic heterocycles. The van der Waals surface area contributed by atoms with Crippen molar-refractivity contribution in [1.82, 2.24) is 5.43 Å². The van der Waals surface area contributed by atoms with Crippen LogP contribution in [0.15, 0.2) is 51.4 Å². The zero-order valence-electron chi connectivity index (χ0n) is 11.4. The van der Waals surface area contributed by atoms with E-state index in [1.165, 1.54) is 5.56 Å². The molecule has 20 heavy (non-hydrogen) atoms. The topological polar surface area (TPSA) is 38.0 Å². The summed E-state index contributed by atoms with van der Waals surface area (Å²) < 4.78 is 2.08. The van der Waals surface area contributed by atoms with Crippen molar-refractivity contribution in [3.8, 4) is 0 Å². The van der Waals surface area contributed by atoms with Crippen LogP contribution < -0.4 is 11.3 Å². The highest BCUT2D eigenvalue weighted by Gasteiger charge is 2.15. The smallest absolute Gasteiger partial charge is 0.0721 e. The van der Waals surface area contributed by atoms with E-state index in [4.69, 9.17) is 5.84 Å². The lowest BCUT2D eigenvalue weighted by atomic mass is 9.97. The molecule has 0 heterocycles. The lowest BCUT2D eigenvalue weighted by Crippen LogP contribution is -2.29. The first-order valence-corrected chi connectivity index (χ1v) is 8.24. The monoisotopic (exact) mass is 396 g/mol. The molecule has 1 unspecified atom stereocenters. The van der Waals surface area contributed by atoms with Crippen molar-refractivity contribution in [1.29, 1.82) is 0 Å². The maximum absolute atomic E-state index is 5.76. The summed E-state index contributed by atoms with van der Waals surface area (Å²) in [7, 11) is 0. The average molecular weight is 398 g/mol. The number of hydrazine groups is 1. The Balaban J connectivity index is 2.31. The minimum atomic E-state index is -0.0202. The highest BCUT2D eigenvalue weighted by molar-refractivity contribution is 9.11. The Morgan fingerprint density at radius 3 is 2.35 bits per heavy atom. The predicted octanol–water partition coefficient (Wildman–Crippen LogP) is 4.72. The van der Waals surface area contributed by atoms with E-state index in [0.717, 1.165) is 32.9 Å².